The van der Waals surface area contributed by atoms with Crippen molar-refractivity contribution in [2.24, 2.45) is 5.92 Å². The molecule has 0 radical (unpaired) electrons. The molecule has 0 amide bonds. The zero-order valence-corrected chi connectivity index (χ0v) is 11.4. The number of aliphatic hydroxyl groups excluding tert-OH is 1. The van der Waals surface area contributed by atoms with E-state index < -0.39 is 0 Å². The van der Waals surface area contributed by atoms with Crippen molar-refractivity contribution in [3.8, 4) is 5.75 Å². The maximum Gasteiger partial charge on any atom is 0.142 e. The lowest BCUT2D eigenvalue weighted by Crippen LogP contribution is -2.17. The molecule has 2 N–H and O–H groups in total. The first-order chi connectivity index (χ1) is 8.70. The van der Waals surface area contributed by atoms with Crippen molar-refractivity contribution < 1.29 is 9.84 Å². The first-order valence-electron chi connectivity index (χ1n) is 6.45. The third-order valence-electron chi connectivity index (χ3n) is 3.03. The largest absolute Gasteiger partial charge is 0.491 e. The van der Waals surface area contributed by atoms with Crippen LogP contribution in [0, 0.1) is 5.92 Å². The Balaban J connectivity index is 1.99. The van der Waals surface area contributed by atoms with Crippen molar-refractivity contribution in [3.05, 3.63) is 28.8 Å². The molecule has 1 aliphatic carbocycles. The molecule has 0 heterocycles. The van der Waals surface area contributed by atoms with E-state index in [1.54, 1.807) is 0 Å². The Morgan fingerprint density at radius 1 is 1.50 bits per heavy atom. The highest BCUT2D eigenvalue weighted by Crippen LogP contribution is 2.30. The summed E-state index contributed by atoms with van der Waals surface area (Å²) in [5.41, 5.74) is 1.08. The van der Waals surface area contributed by atoms with Gasteiger partial charge in [-0.3, -0.25) is 0 Å². The van der Waals surface area contributed by atoms with E-state index in [-0.39, 0.29) is 12.5 Å². The minimum atomic E-state index is 0.116. The predicted octanol–water partition coefficient (Wildman–Crippen LogP) is 2.60. The fourth-order valence-electron chi connectivity index (χ4n) is 1.67. The molecule has 0 aromatic heterocycles. The van der Waals surface area contributed by atoms with Gasteiger partial charge in [0.1, 0.15) is 5.75 Å². The predicted molar refractivity (Wildman–Crippen MR) is 73.1 cm³/mol. The zero-order valence-electron chi connectivity index (χ0n) is 10.7. The summed E-state index contributed by atoms with van der Waals surface area (Å²) in [5, 5.41) is 13.1. The Bertz CT molecular complexity index is 393. The van der Waals surface area contributed by atoms with Gasteiger partial charge in [0.15, 0.2) is 0 Å². The number of para-hydroxylation sites is 1. The fourth-order valence-corrected chi connectivity index (χ4v) is 1.92. The molecule has 0 saturated heterocycles. The summed E-state index contributed by atoms with van der Waals surface area (Å²) in [6, 6.07) is 6.46. The lowest BCUT2D eigenvalue weighted by molar-refractivity contribution is 0.173. The average molecular weight is 270 g/mol. The highest BCUT2D eigenvalue weighted by molar-refractivity contribution is 6.32. The van der Waals surface area contributed by atoms with Crippen LogP contribution in [0.5, 0.6) is 5.75 Å². The number of aliphatic hydroxyl groups is 1. The van der Waals surface area contributed by atoms with Gasteiger partial charge in [0.25, 0.3) is 0 Å². The van der Waals surface area contributed by atoms with E-state index in [1.807, 2.05) is 25.1 Å². The second-order valence-corrected chi connectivity index (χ2v) is 5.39. The van der Waals surface area contributed by atoms with Crippen LogP contribution in [-0.2, 0) is 6.54 Å². The van der Waals surface area contributed by atoms with Crippen LogP contribution in [0.25, 0.3) is 0 Å². The van der Waals surface area contributed by atoms with Crippen molar-refractivity contribution in [1.82, 2.24) is 5.32 Å². The van der Waals surface area contributed by atoms with E-state index in [0.29, 0.717) is 17.7 Å². The zero-order chi connectivity index (χ0) is 13.0. The van der Waals surface area contributed by atoms with Crippen LogP contribution in [0.1, 0.15) is 25.3 Å². The summed E-state index contributed by atoms with van der Waals surface area (Å²) >= 11 is 6.17. The van der Waals surface area contributed by atoms with E-state index in [0.717, 1.165) is 17.9 Å². The normalized spacial score (nSPS) is 16.6. The molecule has 0 spiro atoms. The molecule has 1 saturated carbocycles. The van der Waals surface area contributed by atoms with Gasteiger partial charge in [-0.15, -0.1) is 0 Å². The SMILES string of the molecule is CC(CO)COc1c(Cl)cccc1CNC1CC1. The average Bonchev–Trinajstić information content (AvgIpc) is 3.18. The fraction of sp³-hybridized carbons (Fsp3) is 0.571. The number of ether oxygens (including phenoxy) is 1. The van der Waals surface area contributed by atoms with Gasteiger partial charge in [0.05, 0.1) is 11.6 Å². The van der Waals surface area contributed by atoms with Crippen LogP contribution < -0.4 is 10.1 Å². The number of benzene rings is 1. The van der Waals surface area contributed by atoms with Crippen LogP contribution in [0.2, 0.25) is 5.02 Å². The smallest absolute Gasteiger partial charge is 0.142 e. The lowest BCUT2D eigenvalue weighted by Gasteiger charge is -2.15. The molecule has 0 bridgehead atoms. The van der Waals surface area contributed by atoms with E-state index >= 15 is 0 Å². The van der Waals surface area contributed by atoms with Crippen molar-refractivity contribution >= 4 is 11.6 Å². The second kappa shape index (κ2) is 6.41. The number of halogens is 1. The van der Waals surface area contributed by atoms with Gasteiger partial charge in [-0.25, -0.2) is 0 Å². The summed E-state index contributed by atoms with van der Waals surface area (Å²) < 4.78 is 5.74. The highest BCUT2D eigenvalue weighted by atomic mass is 35.5. The van der Waals surface area contributed by atoms with E-state index in [1.165, 1.54) is 12.8 Å². The van der Waals surface area contributed by atoms with Gasteiger partial charge < -0.3 is 15.2 Å². The first-order valence-corrected chi connectivity index (χ1v) is 6.83. The van der Waals surface area contributed by atoms with Crippen LogP contribution in [0.3, 0.4) is 0 Å². The molecule has 2 rings (SSSR count). The van der Waals surface area contributed by atoms with E-state index in [4.69, 9.17) is 21.4 Å². The molecular formula is C14H20ClNO2. The minimum Gasteiger partial charge on any atom is -0.491 e. The van der Waals surface area contributed by atoms with Gasteiger partial charge in [-0.1, -0.05) is 30.7 Å². The molecule has 3 nitrogen and oxygen atoms in total. The third kappa shape index (κ3) is 3.87. The number of nitrogens with one attached hydrogen (secondary N) is 1. The lowest BCUT2D eigenvalue weighted by atomic mass is 10.2. The quantitative estimate of drug-likeness (QED) is 0.800. The van der Waals surface area contributed by atoms with E-state index in [9.17, 15) is 0 Å². The molecular weight excluding hydrogens is 250 g/mol. The number of rotatable bonds is 7. The summed E-state index contributed by atoms with van der Waals surface area (Å²) in [6.45, 7) is 3.34. The maximum absolute atomic E-state index is 9.01. The Kier molecular flexibility index (Phi) is 4.87. The Morgan fingerprint density at radius 3 is 2.94 bits per heavy atom. The Hall–Kier alpha value is -0.770. The summed E-state index contributed by atoms with van der Waals surface area (Å²) in [4.78, 5) is 0. The molecule has 1 aliphatic rings. The van der Waals surface area contributed by atoms with Crippen molar-refractivity contribution in [2.75, 3.05) is 13.2 Å². The molecule has 1 fully saturated rings. The molecule has 0 aliphatic heterocycles. The molecule has 1 aromatic rings. The maximum atomic E-state index is 9.01. The van der Waals surface area contributed by atoms with Crippen LogP contribution in [0.4, 0.5) is 0 Å². The number of hydrogen-bond donors (Lipinski definition) is 2. The van der Waals surface area contributed by atoms with Gasteiger partial charge in [-0.05, 0) is 18.9 Å². The topological polar surface area (TPSA) is 41.5 Å². The molecule has 4 heteroatoms. The van der Waals surface area contributed by atoms with Crippen molar-refractivity contribution in [3.63, 3.8) is 0 Å². The van der Waals surface area contributed by atoms with Crippen LogP contribution in [-0.4, -0.2) is 24.4 Å². The van der Waals surface area contributed by atoms with Gasteiger partial charge in [0, 0.05) is 30.7 Å². The molecule has 1 unspecified atom stereocenters. The summed E-state index contributed by atoms with van der Waals surface area (Å²) in [6.07, 6.45) is 2.52. The molecule has 1 aromatic carbocycles. The van der Waals surface area contributed by atoms with Crippen LogP contribution >= 0.6 is 11.6 Å². The molecule has 100 valence electrons. The van der Waals surface area contributed by atoms with Gasteiger partial charge >= 0.3 is 0 Å². The second-order valence-electron chi connectivity index (χ2n) is 4.98. The van der Waals surface area contributed by atoms with Gasteiger partial charge in [0.2, 0.25) is 0 Å². The molecule has 18 heavy (non-hydrogen) atoms. The standard InChI is InChI=1S/C14H20ClNO2/c1-10(8-17)9-18-14-11(3-2-4-13(14)15)7-16-12-5-6-12/h2-4,10,12,16-17H,5-9H2,1H3. The Labute approximate surface area is 113 Å². The third-order valence-corrected chi connectivity index (χ3v) is 3.33. The van der Waals surface area contributed by atoms with E-state index in [2.05, 4.69) is 5.32 Å². The summed E-state index contributed by atoms with van der Waals surface area (Å²) in [7, 11) is 0. The molecule has 1 atom stereocenters. The first kappa shape index (κ1) is 13.7. The van der Waals surface area contributed by atoms with Gasteiger partial charge in [-0.2, -0.15) is 0 Å². The number of hydrogen-bond acceptors (Lipinski definition) is 3. The van der Waals surface area contributed by atoms with Crippen LogP contribution in [0.15, 0.2) is 18.2 Å². The minimum absolute atomic E-state index is 0.116. The van der Waals surface area contributed by atoms with Crippen molar-refractivity contribution in [2.45, 2.75) is 32.4 Å². The highest BCUT2D eigenvalue weighted by Gasteiger charge is 2.21. The summed E-state index contributed by atoms with van der Waals surface area (Å²) in [5.74, 6) is 0.859. The monoisotopic (exact) mass is 269 g/mol. The van der Waals surface area contributed by atoms with Crippen molar-refractivity contribution in [1.29, 1.82) is 0 Å². The Morgan fingerprint density at radius 2 is 2.28 bits per heavy atom.